The minimum atomic E-state index is -0.254. The zero-order valence-corrected chi connectivity index (χ0v) is 11.2. The molecule has 3 N–H and O–H groups in total. The Morgan fingerprint density at radius 3 is 3.00 bits per heavy atom. The number of aryl methyl sites for hydroxylation is 1. The van der Waals surface area contributed by atoms with Crippen molar-refractivity contribution in [1.82, 2.24) is 10.2 Å². The average Bonchev–Trinajstić information content (AvgIpc) is 2.77. The highest BCUT2D eigenvalue weighted by atomic mass is 32.1. The molecule has 0 saturated carbocycles. The van der Waals surface area contributed by atoms with Crippen LogP contribution in [0.1, 0.15) is 31.2 Å². The van der Waals surface area contributed by atoms with Crippen molar-refractivity contribution in [3.63, 3.8) is 0 Å². The van der Waals surface area contributed by atoms with Crippen LogP contribution in [0.5, 0.6) is 0 Å². The number of rotatable bonds is 5. The second-order valence-electron chi connectivity index (χ2n) is 4.45. The van der Waals surface area contributed by atoms with Crippen molar-refractivity contribution >= 4 is 22.4 Å². The number of carbonyl (C=O) groups excluding carboxylic acids is 1. The molecule has 0 radical (unpaired) electrons. The quantitative estimate of drug-likeness (QED) is 0.795. The monoisotopic (exact) mass is 266 g/mol. The first-order chi connectivity index (χ1) is 8.70. The van der Waals surface area contributed by atoms with E-state index < -0.39 is 0 Å². The largest absolute Gasteiger partial charge is 0.369 e. The number of anilines is 1. The van der Waals surface area contributed by atoms with E-state index in [1.54, 1.807) is 11.3 Å². The molecule has 18 heavy (non-hydrogen) atoms. The number of allylic oxidation sites excluding steroid dienone is 1. The van der Waals surface area contributed by atoms with Crippen molar-refractivity contribution in [3.05, 3.63) is 17.2 Å². The molecule has 0 aliphatic heterocycles. The molecule has 1 aromatic heterocycles. The van der Waals surface area contributed by atoms with E-state index >= 15 is 0 Å². The molecule has 0 bridgehead atoms. The van der Waals surface area contributed by atoms with Crippen molar-refractivity contribution in [2.45, 2.75) is 38.6 Å². The second kappa shape index (κ2) is 5.95. The number of carbonyl (C=O) groups is 1. The maximum atomic E-state index is 11.4. The van der Waals surface area contributed by atoms with Gasteiger partial charge in [0.25, 0.3) is 0 Å². The summed E-state index contributed by atoms with van der Waals surface area (Å²) in [7, 11) is 0. The van der Waals surface area contributed by atoms with Gasteiger partial charge in [0.2, 0.25) is 11.0 Å². The normalized spacial score (nSPS) is 22.9. The second-order valence-corrected chi connectivity index (χ2v) is 5.52. The topological polar surface area (TPSA) is 80.9 Å². The molecule has 98 valence electrons. The fraction of sp³-hybridized carbons (Fsp3) is 0.583. The van der Waals surface area contributed by atoms with E-state index in [2.05, 4.69) is 28.5 Å². The lowest BCUT2D eigenvalue weighted by Crippen LogP contribution is -2.39. The van der Waals surface area contributed by atoms with Crippen molar-refractivity contribution in [2.24, 2.45) is 11.7 Å². The highest BCUT2D eigenvalue weighted by Crippen LogP contribution is 2.25. The Balaban J connectivity index is 2.02. The Labute approximate surface area is 110 Å². The number of nitrogens with one attached hydrogen (secondary N) is 1. The molecule has 2 rings (SSSR count). The van der Waals surface area contributed by atoms with Gasteiger partial charge in [-0.3, -0.25) is 4.79 Å². The van der Waals surface area contributed by atoms with Crippen molar-refractivity contribution in [3.8, 4) is 0 Å². The van der Waals surface area contributed by atoms with E-state index in [1.807, 2.05) is 6.08 Å². The van der Waals surface area contributed by atoms with Gasteiger partial charge in [0.05, 0.1) is 5.92 Å². The molecule has 5 nitrogen and oxygen atoms in total. The maximum Gasteiger partial charge on any atom is 0.222 e. The van der Waals surface area contributed by atoms with E-state index in [9.17, 15) is 4.79 Å². The Bertz CT molecular complexity index is 443. The van der Waals surface area contributed by atoms with Gasteiger partial charge in [0, 0.05) is 12.5 Å². The van der Waals surface area contributed by atoms with Crippen LogP contribution < -0.4 is 11.1 Å². The summed E-state index contributed by atoms with van der Waals surface area (Å²) in [6.45, 7) is 2.11. The van der Waals surface area contributed by atoms with Crippen LogP contribution in [0.3, 0.4) is 0 Å². The van der Waals surface area contributed by atoms with Gasteiger partial charge in [-0.15, -0.1) is 10.2 Å². The molecule has 1 aliphatic carbocycles. The summed E-state index contributed by atoms with van der Waals surface area (Å²) in [6.07, 6.45) is 7.60. The first kappa shape index (κ1) is 13.0. The molecule has 0 aromatic carbocycles. The fourth-order valence-electron chi connectivity index (χ4n) is 2.07. The van der Waals surface area contributed by atoms with Gasteiger partial charge in [0.15, 0.2) is 0 Å². The molecule has 1 amide bonds. The van der Waals surface area contributed by atoms with E-state index in [-0.39, 0.29) is 17.9 Å². The number of primary amides is 1. The van der Waals surface area contributed by atoms with Crippen LogP contribution >= 0.6 is 11.3 Å². The van der Waals surface area contributed by atoms with Crippen molar-refractivity contribution in [1.29, 1.82) is 0 Å². The molecular weight excluding hydrogens is 248 g/mol. The lowest BCUT2D eigenvalue weighted by molar-refractivity contribution is -0.122. The van der Waals surface area contributed by atoms with Crippen LogP contribution in [0.15, 0.2) is 12.2 Å². The molecule has 0 saturated heterocycles. The van der Waals surface area contributed by atoms with Crippen molar-refractivity contribution in [2.75, 3.05) is 5.32 Å². The highest BCUT2D eigenvalue weighted by Gasteiger charge is 2.27. The summed E-state index contributed by atoms with van der Waals surface area (Å²) in [5.74, 6) is -0.413. The Morgan fingerprint density at radius 2 is 2.28 bits per heavy atom. The summed E-state index contributed by atoms with van der Waals surface area (Å²) < 4.78 is 0. The highest BCUT2D eigenvalue weighted by molar-refractivity contribution is 7.15. The Morgan fingerprint density at radius 1 is 1.50 bits per heavy atom. The maximum absolute atomic E-state index is 11.4. The van der Waals surface area contributed by atoms with Gasteiger partial charge in [-0.25, -0.2) is 0 Å². The summed E-state index contributed by atoms with van der Waals surface area (Å²) in [5, 5.41) is 13.3. The van der Waals surface area contributed by atoms with Gasteiger partial charge in [0.1, 0.15) is 5.01 Å². The van der Waals surface area contributed by atoms with E-state index in [4.69, 9.17) is 5.73 Å². The molecule has 0 fully saturated rings. The van der Waals surface area contributed by atoms with Gasteiger partial charge in [-0.05, 0) is 19.3 Å². The van der Waals surface area contributed by atoms with Gasteiger partial charge in [-0.2, -0.15) is 0 Å². The predicted molar refractivity (Wildman–Crippen MR) is 72.4 cm³/mol. The molecular formula is C12H18N4OS. The van der Waals surface area contributed by atoms with Crippen LogP contribution in [0.4, 0.5) is 5.13 Å². The number of aromatic nitrogens is 2. The molecule has 6 heteroatoms. The first-order valence-corrected chi connectivity index (χ1v) is 7.05. The number of hydrogen-bond donors (Lipinski definition) is 2. The summed E-state index contributed by atoms with van der Waals surface area (Å²) in [6, 6.07) is 0.0370. The lowest BCUT2D eigenvalue weighted by atomic mass is 9.88. The van der Waals surface area contributed by atoms with Crippen LogP contribution in [0.2, 0.25) is 0 Å². The molecule has 2 atom stereocenters. The molecule has 1 aromatic rings. The van der Waals surface area contributed by atoms with Crippen LogP contribution in [-0.2, 0) is 11.2 Å². The van der Waals surface area contributed by atoms with E-state index in [0.29, 0.717) is 6.42 Å². The third-order valence-electron chi connectivity index (χ3n) is 3.04. The standard InChI is InChI=1S/C12H18N4OS/c1-2-5-10-15-16-12(18-10)14-9-7-4-3-6-8(9)11(13)17/h3-4,8-9H,2,5-7H2,1H3,(H2,13,17)(H,14,16)/t8-,9-/m1/s1. The van der Waals surface area contributed by atoms with Gasteiger partial charge in [-0.1, -0.05) is 30.4 Å². The number of nitrogens with two attached hydrogens (primary N) is 1. The third-order valence-corrected chi connectivity index (χ3v) is 3.95. The average molecular weight is 266 g/mol. The van der Waals surface area contributed by atoms with Gasteiger partial charge < -0.3 is 11.1 Å². The molecule has 0 unspecified atom stereocenters. The smallest absolute Gasteiger partial charge is 0.222 e. The molecule has 1 aliphatic rings. The fourth-order valence-corrected chi connectivity index (χ4v) is 2.98. The van der Waals surface area contributed by atoms with Gasteiger partial charge >= 0.3 is 0 Å². The van der Waals surface area contributed by atoms with Crippen LogP contribution in [-0.4, -0.2) is 22.1 Å². The summed E-state index contributed by atoms with van der Waals surface area (Å²) in [5.41, 5.74) is 5.42. The first-order valence-electron chi connectivity index (χ1n) is 6.24. The summed E-state index contributed by atoms with van der Waals surface area (Å²) in [4.78, 5) is 11.4. The number of hydrogen-bond acceptors (Lipinski definition) is 5. The number of amides is 1. The predicted octanol–water partition coefficient (Wildman–Crippen LogP) is 1.72. The zero-order chi connectivity index (χ0) is 13.0. The van der Waals surface area contributed by atoms with Crippen LogP contribution in [0.25, 0.3) is 0 Å². The van der Waals surface area contributed by atoms with Crippen molar-refractivity contribution < 1.29 is 4.79 Å². The molecule has 1 heterocycles. The number of nitrogens with zero attached hydrogens (tertiary/aromatic N) is 2. The van der Waals surface area contributed by atoms with Crippen LogP contribution in [0, 0.1) is 5.92 Å². The minimum absolute atomic E-state index is 0.0370. The molecule has 0 spiro atoms. The van der Waals surface area contributed by atoms with E-state index in [0.717, 1.165) is 29.4 Å². The SMILES string of the molecule is CCCc1nnc(N[C@@H]2CC=CC[C@H]2C(N)=O)s1. The third kappa shape index (κ3) is 3.07. The zero-order valence-electron chi connectivity index (χ0n) is 10.4. The summed E-state index contributed by atoms with van der Waals surface area (Å²) >= 11 is 1.56. The Kier molecular flexibility index (Phi) is 4.30. The lowest BCUT2D eigenvalue weighted by Gasteiger charge is -2.26. The Hall–Kier alpha value is -1.43. The van der Waals surface area contributed by atoms with E-state index in [1.165, 1.54) is 0 Å². The minimum Gasteiger partial charge on any atom is -0.369 e.